The van der Waals surface area contributed by atoms with Crippen LogP contribution in [0.3, 0.4) is 0 Å². The molecule has 4 rings (SSSR count). The summed E-state index contributed by atoms with van der Waals surface area (Å²) in [6.45, 7) is 2.61. The molecule has 5 nitrogen and oxygen atoms in total. The minimum absolute atomic E-state index is 0.366. The van der Waals surface area contributed by atoms with E-state index in [4.69, 9.17) is 11.6 Å². The van der Waals surface area contributed by atoms with Crippen LogP contribution in [0.15, 0.2) is 55.1 Å². The second-order valence-corrected chi connectivity index (χ2v) is 6.74. The summed E-state index contributed by atoms with van der Waals surface area (Å²) in [5.74, 6) is 2.35. The molecule has 1 aliphatic heterocycles. The van der Waals surface area contributed by atoms with E-state index < -0.39 is 0 Å². The van der Waals surface area contributed by atoms with Crippen LogP contribution in [0.1, 0.15) is 30.3 Å². The first-order valence-electron chi connectivity index (χ1n) is 8.57. The van der Waals surface area contributed by atoms with Crippen molar-refractivity contribution in [3.63, 3.8) is 0 Å². The predicted octanol–water partition coefficient (Wildman–Crippen LogP) is 3.76. The fourth-order valence-electron chi connectivity index (χ4n) is 3.47. The van der Waals surface area contributed by atoms with E-state index in [-0.39, 0.29) is 0 Å². The lowest BCUT2D eigenvalue weighted by molar-refractivity contribution is 0.473. The van der Waals surface area contributed by atoms with Crippen molar-refractivity contribution in [1.29, 1.82) is 0 Å². The van der Waals surface area contributed by atoms with E-state index in [1.807, 2.05) is 48.9 Å². The Balaban J connectivity index is 1.54. The van der Waals surface area contributed by atoms with Crippen molar-refractivity contribution in [2.75, 3.05) is 18.0 Å². The molecule has 3 aromatic rings. The average molecular weight is 354 g/mol. The molecule has 25 heavy (non-hydrogen) atoms. The second-order valence-electron chi connectivity index (χ2n) is 6.33. The van der Waals surface area contributed by atoms with Gasteiger partial charge in [-0.2, -0.15) is 0 Å². The number of hydrogen-bond acceptors (Lipinski definition) is 4. The number of pyridine rings is 2. The van der Waals surface area contributed by atoms with Crippen molar-refractivity contribution in [3.8, 4) is 0 Å². The molecule has 6 heteroatoms. The molecule has 1 atom stereocenters. The molecule has 0 amide bonds. The molecule has 3 aromatic heterocycles. The zero-order chi connectivity index (χ0) is 17.1. The minimum Gasteiger partial charge on any atom is -0.355 e. The number of hydrogen-bond donors (Lipinski definition) is 0. The molecule has 0 N–H and O–H groups in total. The number of halogens is 1. The van der Waals surface area contributed by atoms with Gasteiger partial charge in [-0.3, -0.25) is 4.98 Å². The third-order valence-electron chi connectivity index (χ3n) is 4.63. The summed E-state index contributed by atoms with van der Waals surface area (Å²) in [5, 5.41) is 0.708. The molecular formula is C19H20ClN5. The fraction of sp³-hybridized carbons (Fsp3) is 0.316. The number of rotatable bonds is 4. The van der Waals surface area contributed by atoms with Gasteiger partial charge < -0.3 is 9.47 Å². The minimum atomic E-state index is 0.366. The molecule has 4 heterocycles. The van der Waals surface area contributed by atoms with Crippen molar-refractivity contribution in [2.24, 2.45) is 0 Å². The van der Waals surface area contributed by atoms with Crippen LogP contribution in [0, 0.1) is 0 Å². The maximum Gasteiger partial charge on any atom is 0.147 e. The fourth-order valence-corrected chi connectivity index (χ4v) is 3.71. The third kappa shape index (κ3) is 3.51. The molecule has 1 aliphatic rings. The molecule has 0 unspecified atom stereocenters. The quantitative estimate of drug-likeness (QED) is 0.716. The lowest BCUT2D eigenvalue weighted by Gasteiger charge is -2.33. The highest BCUT2D eigenvalue weighted by atomic mass is 35.5. The van der Waals surface area contributed by atoms with Gasteiger partial charge in [-0.25, -0.2) is 9.97 Å². The molecule has 1 saturated heterocycles. The van der Waals surface area contributed by atoms with Gasteiger partial charge in [0.25, 0.3) is 0 Å². The van der Waals surface area contributed by atoms with E-state index in [9.17, 15) is 0 Å². The average Bonchev–Trinajstić information content (AvgIpc) is 3.11. The zero-order valence-electron chi connectivity index (χ0n) is 13.9. The van der Waals surface area contributed by atoms with Gasteiger partial charge in [0, 0.05) is 43.8 Å². The van der Waals surface area contributed by atoms with Crippen molar-refractivity contribution in [1.82, 2.24) is 19.5 Å². The van der Waals surface area contributed by atoms with Gasteiger partial charge in [0.15, 0.2) is 0 Å². The number of anilines is 1. The predicted molar refractivity (Wildman–Crippen MR) is 99.0 cm³/mol. The molecule has 1 fully saturated rings. The highest BCUT2D eigenvalue weighted by Gasteiger charge is 2.26. The largest absolute Gasteiger partial charge is 0.355 e. The monoisotopic (exact) mass is 353 g/mol. The van der Waals surface area contributed by atoms with E-state index in [1.54, 1.807) is 6.20 Å². The van der Waals surface area contributed by atoms with E-state index in [0.29, 0.717) is 10.9 Å². The maximum atomic E-state index is 6.34. The Morgan fingerprint density at radius 2 is 1.96 bits per heavy atom. The Kier molecular flexibility index (Phi) is 4.65. The van der Waals surface area contributed by atoms with Crippen molar-refractivity contribution in [3.05, 3.63) is 71.7 Å². The van der Waals surface area contributed by atoms with Crippen molar-refractivity contribution >= 4 is 17.4 Å². The Bertz CT molecular complexity index is 833. The van der Waals surface area contributed by atoms with Crippen LogP contribution in [0.5, 0.6) is 0 Å². The van der Waals surface area contributed by atoms with Crippen LogP contribution in [0.25, 0.3) is 0 Å². The standard InChI is InChI=1S/C19H20ClN5/c20-17-7-3-9-22-19(17)24-11-4-5-15(13-24)18-23-10-12-25(18)14-16-6-1-2-8-21-16/h1-3,6-10,12,15H,4-5,11,13-14H2/t15-/m0/s1. The van der Waals surface area contributed by atoms with Gasteiger partial charge in [-0.05, 0) is 37.1 Å². The third-order valence-corrected chi connectivity index (χ3v) is 4.93. The van der Waals surface area contributed by atoms with Crippen LogP contribution < -0.4 is 4.90 Å². The van der Waals surface area contributed by atoms with E-state index in [1.165, 1.54) is 0 Å². The number of piperidine rings is 1. The first kappa shape index (κ1) is 16.1. The summed E-state index contributed by atoms with van der Waals surface area (Å²) in [7, 11) is 0. The number of nitrogens with zero attached hydrogens (tertiary/aromatic N) is 5. The SMILES string of the molecule is Clc1cccnc1N1CCC[C@H](c2nccn2Cc2ccccn2)C1. The first-order chi connectivity index (χ1) is 12.3. The summed E-state index contributed by atoms with van der Waals surface area (Å²) < 4.78 is 2.20. The number of imidazole rings is 1. The number of aromatic nitrogens is 4. The molecule has 0 saturated carbocycles. The Labute approximate surface area is 152 Å². The van der Waals surface area contributed by atoms with Gasteiger partial charge in [-0.15, -0.1) is 0 Å². The van der Waals surface area contributed by atoms with Gasteiger partial charge in [0.05, 0.1) is 17.3 Å². The van der Waals surface area contributed by atoms with Gasteiger partial charge in [-0.1, -0.05) is 17.7 Å². The van der Waals surface area contributed by atoms with Crippen LogP contribution in [0.4, 0.5) is 5.82 Å². The Morgan fingerprint density at radius 3 is 2.80 bits per heavy atom. The summed E-state index contributed by atoms with van der Waals surface area (Å²) in [5.41, 5.74) is 1.04. The van der Waals surface area contributed by atoms with Gasteiger partial charge in [0.2, 0.25) is 0 Å². The Morgan fingerprint density at radius 1 is 1.04 bits per heavy atom. The lowest BCUT2D eigenvalue weighted by atomic mass is 9.97. The van der Waals surface area contributed by atoms with Crippen LogP contribution in [0.2, 0.25) is 5.02 Å². The molecule has 0 bridgehead atoms. The van der Waals surface area contributed by atoms with E-state index in [2.05, 4.69) is 24.4 Å². The topological polar surface area (TPSA) is 46.8 Å². The van der Waals surface area contributed by atoms with Crippen molar-refractivity contribution in [2.45, 2.75) is 25.3 Å². The van der Waals surface area contributed by atoms with Crippen LogP contribution in [-0.2, 0) is 6.54 Å². The van der Waals surface area contributed by atoms with E-state index >= 15 is 0 Å². The summed E-state index contributed by atoms with van der Waals surface area (Å²) in [6.07, 6.45) is 9.78. The maximum absolute atomic E-state index is 6.34. The lowest BCUT2D eigenvalue weighted by Crippen LogP contribution is -2.36. The zero-order valence-corrected chi connectivity index (χ0v) is 14.7. The first-order valence-corrected chi connectivity index (χ1v) is 8.95. The highest BCUT2D eigenvalue weighted by molar-refractivity contribution is 6.32. The molecule has 0 aromatic carbocycles. The van der Waals surface area contributed by atoms with Crippen LogP contribution in [-0.4, -0.2) is 32.6 Å². The molecule has 0 spiro atoms. The van der Waals surface area contributed by atoms with Crippen molar-refractivity contribution < 1.29 is 0 Å². The summed E-state index contributed by atoms with van der Waals surface area (Å²) >= 11 is 6.34. The molecule has 128 valence electrons. The van der Waals surface area contributed by atoms with Gasteiger partial charge in [0.1, 0.15) is 11.6 Å². The molecule has 0 radical (unpaired) electrons. The Hall–Kier alpha value is -2.40. The molecule has 0 aliphatic carbocycles. The molecular weight excluding hydrogens is 334 g/mol. The van der Waals surface area contributed by atoms with Gasteiger partial charge >= 0.3 is 0 Å². The van der Waals surface area contributed by atoms with Crippen LogP contribution >= 0.6 is 11.6 Å². The second kappa shape index (κ2) is 7.23. The van der Waals surface area contributed by atoms with E-state index in [0.717, 1.165) is 49.8 Å². The summed E-state index contributed by atoms with van der Waals surface area (Å²) in [6, 6.07) is 9.77. The smallest absolute Gasteiger partial charge is 0.147 e. The normalized spacial score (nSPS) is 17.6. The summed E-state index contributed by atoms with van der Waals surface area (Å²) in [4.78, 5) is 15.8. The highest BCUT2D eigenvalue weighted by Crippen LogP contribution is 2.31.